The number of nitrogens with one attached hydrogen (secondary N) is 2. The highest BCUT2D eigenvalue weighted by atomic mass is 35.5. The zero-order valence-corrected chi connectivity index (χ0v) is 20.9. The Bertz CT molecular complexity index is 1120. The van der Waals surface area contributed by atoms with Gasteiger partial charge < -0.3 is 10.6 Å². The zero-order chi connectivity index (χ0) is 26.3. The Morgan fingerprint density at radius 3 is 2.23 bits per heavy atom. The molecule has 2 aromatic rings. The van der Waals surface area contributed by atoms with Crippen molar-refractivity contribution in [1.29, 1.82) is 0 Å². The molecule has 0 aliphatic heterocycles. The van der Waals surface area contributed by atoms with Crippen LogP contribution in [0.15, 0.2) is 48.5 Å². The molecule has 2 rings (SSSR count). The van der Waals surface area contributed by atoms with Crippen molar-refractivity contribution in [3.8, 4) is 0 Å². The Kier molecular flexibility index (Phi) is 10.2. The highest BCUT2D eigenvalue weighted by Gasteiger charge is 2.45. The van der Waals surface area contributed by atoms with Gasteiger partial charge in [0.05, 0.1) is 16.1 Å². The number of carbonyl (C=O) groups excluding carboxylic acids is 3. The van der Waals surface area contributed by atoms with Gasteiger partial charge in [-0.3, -0.25) is 14.4 Å². The highest BCUT2D eigenvalue weighted by molar-refractivity contribution is 6.42. The van der Waals surface area contributed by atoms with Crippen LogP contribution in [-0.2, 0) is 20.8 Å². The van der Waals surface area contributed by atoms with Crippen LogP contribution in [-0.4, -0.2) is 35.9 Å². The van der Waals surface area contributed by atoms with Gasteiger partial charge in [-0.1, -0.05) is 66.8 Å². The molecule has 5 nitrogen and oxygen atoms in total. The minimum atomic E-state index is -5.13. The molecule has 188 valence electrons. The normalized spacial score (nSPS) is 13.5. The number of hydrogen-bond acceptors (Lipinski definition) is 3. The molecule has 0 saturated carbocycles. The standard InChI is InChI=1S/C24H22Cl3F3N2O3/c1-13(2)21(22(34)24(28,29)30)32-23(35)19(12-15-4-3-5-16(25)10-15)31-20(33)9-7-14-6-8-17(26)18(27)11-14/h3-11,13,19,21H,12H2,1-2H3,(H,31,33)(H,32,35)/b9-7+. The first kappa shape index (κ1) is 28.7. The number of carbonyl (C=O) groups is 3. The number of ketones is 1. The average Bonchev–Trinajstić information content (AvgIpc) is 2.76. The van der Waals surface area contributed by atoms with Crippen molar-refractivity contribution in [2.24, 2.45) is 5.92 Å². The first-order chi connectivity index (χ1) is 16.3. The fourth-order valence-electron chi connectivity index (χ4n) is 3.08. The van der Waals surface area contributed by atoms with Gasteiger partial charge in [0.2, 0.25) is 11.8 Å². The fourth-order valence-corrected chi connectivity index (χ4v) is 3.60. The van der Waals surface area contributed by atoms with E-state index in [0.717, 1.165) is 6.08 Å². The van der Waals surface area contributed by atoms with E-state index in [4.69, 9.17) is 34.8 Å². The van der Waals surface area contributed by atoms with Crippen molar-refractivity contribution in [3.05, 3.63) is 74.7 Å². The first-order valence-electron chi connectivity index (χ1n) is 10.4. The van der Waals surface area contributed by atoms with Gasteiger partial charge >= 0.3 is 6.18 Å². The number of alkyl halides is 3. The smallest absolute Gasteiger partial charge is 0.344 e. The van der Waals surface area contributed by atoms with Gasteiger partial charge in [-0.25, -0.2) is 0 Å². The second kappa shape index (κ2) is 12.4. The van der Waals surface area contributed by atoms with Gasteiger partial charge in [0.1, 0.15) is 6.04 Å². The molecule has 2 unspecified atom stereocenters. The lowest BCUT2D eigenvalue weighted by Crippen LogP contribution is -2.55. The first-order valence-corrected chi connectivity index (χ1v) is 11.5. The quantitative estimate of drug-likeness (QED) is 0.397. The number of amides is 2. The third-order valence-corrected chi connectivity index (χ3v) is 5.83. The second-order valence-corrected chi connectivity index (χ2v) is 9.25. The fraction of sp³-hybridized carbons (Fsp3) is 0.292. The number of rotatable bonds is 9. The molecule has 2 aromatic carbocycles. The Labute approximate surface area is 215 Å². The number of halogens is 6. The van der Waals surface area contributed by atoms with Gasteiger partial charge in [-0.2, -0.15) is 13.2 Å². The van der Waals surface area contributed by atoms with Crippen LogP contribution in [0.3, 0.4) is 0 Å². The van der Waals surface area contributed by atoms with Gasteiger partial charge in [-0.05, 0) is 47.4 Å². The van der Waals surface area contributed by atoms with Crippen LogP contribution in [0.1, 0.15) is 25.0 Å². The van der Waals surface area contributed by atoms with E-state index in [0.29, 0.717) is 21.2 Å². The predicted octanol–water partition coefficient (Wildman–Crippen LogP) is 5.66. The average molecular weight is 550 g/mol. The summed E-state index contributed by atoms with van der Waals surface area (Å²) in [6, 6.07) is 8.02. The predicted molar refractivity (Wildman–Crippen MR) is 130 cm³/mol. The van der Waals surface area contributed by atoms with Crippen LogP contribution in [0.25, 0.3) is 6.08 Å². The van der Waals surface area contributed by atoms with Gasteiger partial charge in [0, 0.05) is 17.5 Å². The molecule has 0 aliphatic rings. The van der Waals surface area contributed by atoms with E-state index >= 15 is 0 Å². The van der Waals surface area contributed by atoms with E-state index in [2.05, 4.69) is 10.6 Å². The number of hydrogen-bond donors (Lipinski definition) is 2. The summed E-state index contributed by atoms with van der Waals surface area (Å²) in [5.74, 6) is -4.56. The Balaban J connectivity index is 2.25. The maximum Gasteiger partial charge on any atom is 0.452 e. The third kappa shape index (κ3) is 8.87. The molecule has 2 N–H and O–H groups in total. The van der Waals surface area contributed by atoms with E-state index in [1.54, 1.807) is 36.4 Å². The topological polar surface area (TPSA) is 75.3 Å². The Morgan fingerprint density at radius 1 is 0.971 bits per heavy atom. The summed E-state index contributed by atoms with van der Waals surface area (Å²) in [7, 11) is 0. The summed E-state index contributed by atoms with van der Waals surface area (Å²) >= 11 is 17.8. The Morgan fingerprint density at radius 2 is 1.66 bits per heavy atom. The van der Waals surface area contributed by atoms with Gasteiger partial charge in [-0.15, -0.1) is 0 Å². The summed E-state index contributed by atoms with van der Waals surface area (Å²) < 4.78 is 39.0. The van der Waals surface area contributed by atoms with Crippen LogP contribution >= 0.6 is 34.8 Å². The minimum Gasteiger partial charge on any atom is -0.344 e. The molecule has 0 radical (unpaired) electrons. The number of Topliss-reactive ketones (excluding diaryl/α,β-unsaturated/α-hetero) is 1. The molecule has 0 bridgehead atoms. The van der Waals surface area contributed by atoms with Gasteiger partial charge in [0.15, 0.2) is 0 Å². The molecule has 11 heteroatoms. The van der Waals surface area contributed by atoms with Crippen molar-refractivity contribution >= 4 is 58.5 Å². The summed E-state index contributed by atoms with van der Waals surface area (Å²) in [5, 5.41) is 5.60. The van der Waals surface area contributed by atoms with E-state index in [-0.39, 0.29) is 11.4 Å². The number of benzene rings is 2. The third-order valence-electron chi connectivity index (χ3n) is 4.86. The van der Waals surface area contributed by atoms with Crippen LogP contribution in [0, 0.1) is 5.92 Å². The van der Waals surface area contributed by atoms with Crippen molar-refractivity contribution in [3.63, 3.8) is 0 Å². The van der Waals surface area contributed by atoms with E-state index < -0.39 is 41.8 Å². The van der Waals surface area contributed by atoms with Gasteiger partial charge in [0.25, 0.3) is 5.78 Å². The summed E-state index contributed by atoms with van der Waals surface area (Å²) in [4.78, 5) is 37.3. The molecule has 0 fully saturated rings. The maximum atomic E-state index is 13.0. The van der Waals surface area contributed by atoms with E-state index in [1.807, 2.05) is 0 Å². The van der Waals surface area contributed by atoms with E-state index in [1.165, 1.54) is 26.0 Å². The second-order valence-electron chi connectivity index (χ2n) is 7.99. The minimum absolute atomic E-state index is 0.0796. The molecule has 2 atom stereocenters. The molecule has 0 aromatic heterocycles. The highest BCUT2D eigenvalue weighted by Crippen LogP contribution is 2.23. The van der Waals surface area contributed by atoms with Crippen LogP contribution in [0.4, 0.5) is 13.2 Å². The van der Waals surface area contributed by atoms with Crippen LogP contribution in [0.5, 0.6) is 0 Å². The van der Waals surface area contributed by atoms with Crippen molar-refractivity contribution in [2.45, 2.75) is 38.5 Å². The molecule has 35 heavy (non-hydrogen) atoms. The molecule has 0 aliphatic carbocycles. The Hall–Kier alpha value is -2.55. The van der Waals surface area contributed by atoms with Crippen LogP contribution in [0.2, 0.25) is 15.1 Å². The molecule has 0 spiro atoms. The summed E-state index contributed by atoms with van der Waals surface area (Å²) in [6.45, 7) is 2.75. The molecular weight excluding hydrogens is 528 g/mol. The maximum absolute atomic E-state index is 13.0. The largest absolute Gasteiger partial charge is 0.452 e. The lowest BCUT2D eigenvalue weighted by atomic mass is 9.98. The zero-order valence-electron chi connectivity index (χ0n) is 18.6. The lowest BCUT2D eigenvalue weighted by Gasteiger charge is -2.25. The summed E-state index contributed by atoms with van der Waals surface area (Å²) in [6.07, 6.45) is -2.64. The molecule has 0 saturated heterocycles. The lowest BCUT2D eigenvalue weighted by molar-refractivity contribution is -0.175. The SMILES string of the molecule is CC(C)C(NC(=O)C(Cc1cccc(Cl)c1)NC(=O)/C=C/c1ccc(Cl)c(Cl)c1)C(=O)C(F)(F)F. The van der Waals surface area contributed by atoms with Crippen LogP contribution < -0.4 is 10.6 Å². The monoisotopic (exact) mass is 548 g/mol. The van der Waals surface area contributed by atoms with Crippen molar-refractivity contribution in [1.82, 2.24) is 10.6 Å². The molecular formula is C24H22Cl3F3N2O3. The van der Waals surface area contributed by atoms with Crippen molar-refractivity contribution < 1.29 is 27.6 Å². The van der Waals surface area contributed by atoms with Crippen molar-refractivity contribution in [2.75, 3.05) is 0 Å². The summed E-state index contributed by atoms with van der Waals surface area (Å²) in [5.41, 5.74) is 1.11. The molecule has 0 heterocycles. The molecule has 2 amide bonds. The van der Waals surface area contributed by atoms with E-state index in [9.17, 15) is 27.6 Å².